The fourth-order valence-electron chi connectivity index (χ4n) is 5.44. The van der Waals surface area contributed by atoms with Gasteiger partial charge in [-0.15, -0.1) is 0 Å². The Bertz CT molecular complexity index is 285. The first kappa shape index (κ1) is 12.0. The van der Waals surface area contributed by atoms with Gasteiger partial charge in [-0.05, 0) is 61.7 Å². The molecule has 0 saturated heterocycles. The van der Waals surface area contributed by atoms with Gasteiger partial charge in [0.15, 0.2) is 0 Å². The average molecular weight is 235 g/mol. The Labute approximate surface area is 107 Å². The van der Waals surface area contributed by atoms with Crippen molar-refractivity contribution in [3.05, 3.63) is 0 Å². The molecule has 2 bridgehead atoms. The maximum absolute atomic E-state index is 6.79. The molecule has 3 rings (SSSR count). The molecule has 0 spiro atoms. The molecule has 5 atom stereocenters. The van der Waals surface area contributed by atoms with E-state index in [1.54, 1.807) is 0 Å². The Balaban J connectivity index is 1.61. The van der Waals surface area contributed by atoms with Gasteiger partial charge in [0.25, 0.3) is 0 Å². The Morgan fingerprint density at radius 3 is 2.76 bits per heavy atom. The van der Waals surface area contributed by atoms with E-state index in [0.717, 1.165) is 29.6 Å². The number of fused-ring (bicyclic) bond motifs is 5. The normalized spacial score (nSPS) is 48.0. The second-order valence-corrected chi connectivity index (χ2v) is 7.58. The number of hydrogen-bond donors (Lipinski definition) is 1. The van der Waals surface area contributed by atoms with Crippen molar-refractivity contribution in [1.82, 2.24) is 0 Å². The zero-order valence-corrected chi connectivity index (χ0v) is 11.6. The maximum Gasteiger partial charge on any atom is 0.0188 e. The molecule has 3 aliphatic carbocycles. The zero-order chi connectivity index (χ0) is 12.0. The molecule has 3 aliphatic rings. The van der Waals surface area contributed by atoms with Crippen LogP contribution in [0.2, 0.25) is 0 Å². The van der Waals surface area contributed by atoms with Crippen LogP contribution in [0.1, 0.15) is 65.2 Å². The monoisotopic (exact) mass is 235 g/mol. The van der Waals surface area contributed by atoms with Gasteiger partial charge in [-0.25, -0.2) is 0 Å². The minimum absolute atomic E-state index is 0.241. The van der Waals surface area contributed by atoms with E-state index in [1.165, 1.54) is 51.4 Å². The van der Waals surface area contributed by atoms with Crippen molar-refractivity contribution >= 4 is 0 Å². The van der Waals surface area contributed by atoms with Crippen molar-refractivity contribution in [3.63, 3.8) is 0 Å². The van der Waals surface area contributed by atoms with E-state index in [0.29, 0.717) is 0 Å². The molecule has 3 fully saturated rings. The molecule has 0 radical (unpaired) electrons. The summed E-state index contributed by atoms with van der Waals surface area (Å²) in [5.41, 5.74) is 7.03. The predicted octanol–water partition coefficient (Wildman–Crippen LogP) is 3.97. The van der Waals surface area contributed by atoms with Gasteiger partial charge < -0.3 is 5.73 Å². The predicted molar refractivity (Wildman–Crippen MR) is 72.7 cm³/mol. The van der Waals surface area contributed by atoms with Crippen LogP contribution < -0.4 is 5.73 Å². The summed E-state index contributed by atoms with van der Waals surface area (Å²) in [7, 11) is 0. The highest BCUT2D eigenvalue weighted by molar-refractivity contribution is 5.12. The summed E-state index contributed by atoms with van der Waals surface area (Å²) in [5.74, 6) is 4.86. The van der Waals surface area contributed by atoms with Gasteiger partial charge in [-0.2, -0.15) is 0 Å². The summed E-state index contributed by atoms with van der Waals surface area (Å²) in [4.78, 5) is 0. The van der Waals surface area contributed by atoms with Gasteiger partial charge in [-0.1, -0.05) is 33.1 Å². The van der Waals surface area contributed by atoms with Crippen molar-refractivity contribution in [3.8, 4) is 0 Å². The van der Waals surface area contributed by atoms with Gasteiger partial charge in [-0.3, -0.25) is 0 Å². The first-order valence-corrected chi connectivity index (χ1v) is 7.89. The standard InChI is InChI=1S/C16H29N/c1-11(2)5-4-8-16(17)10-12-9-15(16)14-7-3-6-13(12)14/h11-15H,3-10,17H2,1-2H3. The smallest absolute Gasteiger partial charge is 0.0188 e. The van der Waals surface area contributed by atoms with Crippen LogP contribution in [0.25, 0.3) is 0 Å². The Kier molecular flexibility index (Phi) is 3.01. The summed E-state index contributed by atoms with van der Waals surface area (Å²) < 4.78 is 0. The van der Waals surface area contributed by atoms with Gasteiger partial charge >= 0.3 is 0 Å². The lowest BCUT2D eigenvalue weighted by molar-refractivity contribution is 0.144. The highest BCUT2D eigenvalue weighted by Crippen LogP contribution is 2.62. The van der Waals surface area contributed by atoms with Crippen LogP contribution in [0.15, 0.2) is 0 Å². The lowest BCUT2D eigenvalue weighted by atomic mass is 9.69. The van der Waals surface area contributed by atoms with E-state index < -0.39 is 0 Å². The maximum atomic E-state index is 6.79. The van der Waals surface area contributed by atoms with E-state index in [-0.39, 0.29) is 5.54 Å². The Morgan fingerprint density at radius 2 is 2.00 bits per heavy atom. The summed E-state index contributed by atoms with van der Waals surface area (Å²) in [6, 6.07) is 0. The Hall–Kier alpha value is -0.0400. The summed E-state index contributed by atoms with van der Waals surface area (Å²) in [6.45, 7) is 4.66. The average Bonchev–Trinajstić information content (AvgIpc) is 2.86. The van der Waals surface area contributed by atoms with Gasteiger partial charge in [0, 0.05) is 5.54 Å². The summed E-state index contributed by atoms with van der Waals surface area (Å²) in [5, 5.41) is 0. The van der Waals surface area contributed by atoms with E-state index in [9.17, 15) is 0 Å². The Morgan fingerprint density at radius 1 is 1.24 bits per heavy atom. The molecule has 0 amide bonds. The van der Waals surface area contributed by atoms with Crippen LogP contribution in [0, 0.1) is 29.6 Å². The first-order valence-electron chi connectivity index (χ1n) is 7.89. The molecule has 0 aromatic rings. The molecule has 1 nitrogen and oxygen atoms in total. The molecule has 17 heavy (non-hydrogen) atoms. The van der Waals surface area contributed by atoms with Gasteiger partial charge in [0.05, 0.1) is 0 Å². The van der Waals surface area contributed by atoms with Crippen molar-refractivity contribution in [1.29, 1.82) is 0 Å². The number of nitrogens with two attached hydrogens (primary N) is 1. The van der Waals surface area contributed by atoms with Crippen LogP contribution in [0.3, 0.4) is 0 Å². The third-order valence-electron chi connectivity index (χ3n) is 6.11. The molecular formula is C16H29N. The van der Waals surface area contributed by atoms with Crippen molar-refractivity contribution in [2.45, 2.75) is 70.8 Å². The SMILES string of the molecule is CC(C)CCCC1(N)CC2CC1C1CCCC21. The highest BCUT2D eigenvalue weighted by atomic mass is 14.8. The molecule has 0 aromatic heterocycles. The fraction of sp³-hybridized carbons (Fsp3) is 1.00. The molecule has 98 valence electrons. The first-order chi connectivity index (χ1) is 8.10. The molecule has 0 aromatic carbocycles. The minimum Gasteiger partial charge on any atom is -0.325 e. The molecule has 5 unspecified atom stereocenters. The van der Waals surface area contributed by atoms with E-state index in [2.05, 4.69) is 13.8 Å². The van der Waals surface area contributed by atoms with Crippen LogP contribution in [0.4, 0.5) is 0 Å². The largest absolute Gasteiger partial charge is 0.325 e. The lowest BCUT2D eigenvalue weighted by Crippen LogP contribution is -2.49. The van der Waals surface area contributed by atoms with E-state index >= 15 is 0 Å². The van der Waals surface area contributed by atoms with Crippen molar-refractivity contribution in [2.75, 3.05) is 0 Å². The fourth-order valence-corrected chi connectivity index (χ4v) is 5.44. The molecule has 0 heterocycles. The zero-order valence-electron chi connectivity index (χ0n) is 11.6. The second-order valence-electron chi connectivity index (χ2n) is 7.58. The van der Waals surface area contributed by atoms with Crippen molar-refractivity contribution in [2.24, 2.45) is 35.3 Å². The third-order valence-corrected chi connectivity index (χ3v) is 6.11. The van der Waals surface area contributed by atoms with Crippen LogP contribution in [-0.4, -0.2) is 5.54 Å². The van der Waals surface area contributed by atoms with Crippen LogP contribution in [0.5, 0.6) is 0 Å². The molecule has 3 saturated carbocycles. The van der Waals surface area contributed by atoms with Gasteiger partial charge in [0.1, 0.15) is 0 Å². The number of rotatable bonds is 4. The summed E-state index contributed by atoms with van der Waals surface area (Å²) >= 11 is 0. The molecule has 1 heteroatoms. The lowest BCUT2D eigenvalue weighted by Gasteiger charge is -2.40. The van der Waals surface area contributed by atoms with Crippen LogP contribution >= 0.6 is 0 Å². The number of hydrogen-bond acceptors (Lipinski definition) is 1. The molecule has 0 aliphatic heterocycles. The van der Waals surface area contributed by atoms with E-state index in [4.69, 9.17) is 5.73 Å². The summed E-state index contributed by atoms with van der Waals surface area (Å²) in [6.07, 6.45) is 11.4. The second kappa shape index (κ2) is 4.26. The van der Waals surface area contributed by atoms with Crippen LogP contribution in [-0.2, 0) is 0 Å². The molecular weight excluding hydrogens is 206 g/mol. The van der Waals surface area contributed by atoms with Gasteiger partial charge in [0.2, 0.25) is 0 Å². The third kappa shape index (κ3) is 1.95. The van der Waals surface area contributed by atoms with E-state index in [1.807, 2.05) is 0 Å². The quantitative estimate of drug-likeness (QED) is 0.784. The topological polar surface area (TPSA) is 26.0 Å². The highest BCUT2D eigenvalue weighted by Gasteiger charge is 2.58. The van der Waals surface area contributed by atoms with Crippen molar-refractivity contribution < 1.29 is 0 Å². The minimum atomic E-state index is 0.241. The molecule has 2 N–H and O–H groups in total.